The first-order valence-corrected chi connectivity index (χ1v) is 7.91. The van der Waals surface area contributed by atoms with Crippen LogP contribution in [0.5, 0.6) is 5.75 Å². The average molecular weight is 300 g/mol. The summed E-state index contributed by atoms with van der Waals surface area (Å²) in [5.74, 6) is 0.449. The standard InChI is InChI=1S/C18H20O4/c1-11(19)12-5-7-16(8-6-12)22-18(21)15-9-13-3-2-4-14(10-15)17(13)20/h5-8,13-15H,2-4,9-10H2,1H3/t13-,14-/m0/s1. The van der Waals surface area contributed by atoms with Gasteiger partial charge in [-0.25, -0.2) is 0 Å². The predicted octanol–water partition coefficient (Wildman–Crippen LogP) is 3.19. The quantitative estimate of drug-likeness (QED) is 0.488. The maximum absolute atomic E-state index is 12.3. The Morgan fingerprint density at radius 3 is 2.18 bits per heavy atom. The lowest BCUT2D eigenvalue weighted by atomic mass is 9.67. The molecule has 0 aliphatic heterocycles. The van der Waals surface area contributed by atoms with Crippen LogP contribution in [0.2, 0.25) is 0 Å². The molecule has 2 bridgehead atoms. The molecule has 0 saturated heterocycles. The summed E-state index contributed by atoms with van der Waals surface area (Å²) in [6, 6.07) is 6.60. The number of carbonyl (C=O) groups is 3. The van der Waals surface area contributed by atoms with Crippen LogP contribution in [0.1, 0.15) is 49.4 Å². The lowest BCUT2D eigenvalue weighted by Crippen LogP contribution is -2.40. The van der Waals surface area contributed by atoms with E-state index in [4.69, 9.17) is 4.74 Å². The molecule has 1 aromatic carbocycles. The maximum Gasteiger partial charge on any atom is 0.314 e. The highest BCUT2D eigenvalue weighted by Gasteiger charge is 2.41. The van der Waals surface area contributed by atoms with Crippen LogP contribution in [0.25, 0.3) is 0 Å². The zero-order valence-electron chi connectivity index (χ0n) is 12.7. The van der Waals surface area contributed by atoms with E-state index >= 15 is 0 Å². The van der Waals surface area contributed by atoms with Gasteiger partial charge in [0.15, 0.2) is 5.78 Å². The highest BCUT2D eigenvalue weighted by atomic mass is 16.5. The molecule has 0 amide bonds. The lowest BCUT2D eigenvalue weighted by Gasteiger charge is -2.36. The molecule has 0 N–H and O–H groups in total. The number of hydrogen-bond donors (Lipinski definition) is 0. The van der Waals surface area contributed by atoms with Gasteiger partial charge >= 0.3 is 5.97 Å². The Kier molecular flexibility index (Phi) is 4.10. The summed E-state index contributed by atoms with van der Waals surface area (Å²) < 4.78 is 5.43. The van der Waals surface area contributed by atoms with Crippen LogP contribution in [0, 0.1) is 17.8 Å². The zero-order chi connectivity index (χ0) is 15.7. The van der Waals surface area contributed by atoms with Crippen LogP contribution >= 0.6 is 0 Å². The first-order valence-electron chi connectivity index (χ1n) is 7.91. The molecule has 2 fully saturated rings. The van der Waals surface area contributed by atoms with Crippen LogP contribution in [0.15, 0.2) is 24.3 Å². The minimum atomic E-state index is -0.250. The number of fused-ring (bicyclic) bond motifs is 2. The van der Waals surface area contributed by atoms with E-state index in [-0.39, 0.29) is 29.5 Å². The summed E-state index contributed by atoms with van der Waals surface area (Å²) in [4.78, 5) is 35.6. The Hall–Kier alpha value is -1.97. The highest BCUT2D eigenvalue weighted by Crippen LogP contribution is 2.40. The summed E-state index contributed by atoms with van der Waals surface area (Å²) in [5.41, 5.74) is 0.595. The van der Waals surface area contributed by atoms with Crippen LogP contribution in [0.4, 0.5) is 0 Å². The van der Waals surface area contributed by atoms with Crippen LogP contribution < -0.4 is 4.74 Å². The second kappa shape index (κ2) is 6.03. The Morgan fingerprint density at radius 1 is 1.05 bits per heavy atom. The molecule has 4 heteroatoms. The summed E-state index contributed by atoms with van der Waals surface area (Å²) in [6.07, 6.45) is 4.16. The first-order chi connectivity index (χ1) is 10.5. The normalized spacial score (nSPS) is 27.3. The fraction of sp³-hybridized carbons (Fsp3) is 0.500. The van der Waals surface area contributed by atoms with E-state index in [1.807, 2.05) is 0 Å². The largest absolute Gasteiger partial charge is 0.426 e. The molecule has 0 heterocycles. The molecule has 3 rings (SSSR count). The summed E-state index contributed by atoms with van der Waals surface area (Å²) in [6.45, 7) is 1.50. The topological polar surface area (TPSA) is 60.4 Å². The molecule has 0 unspecified atom stereocenters. The van der Waals surface area contributed by atoms with Gasteiger partial charge in [0.2, 0.25) is 0 Å². The third kappa shape index (κ3) is 2.96. The fourth-order valence-corrected chi connectivity index (χ4v) is 3.63. The Bertz CT molecular complexity index is 586. The molecule has 1 aromatic rings. The molecule has 0 aromatic heterocycles. The van der Waals surface area contributed by atoms with Crippen molar-refractivity contribution in [2.45, 2.75) is 39.0 Å². The van der Waals surface area contributed by atoms with Crippen LogP contribution in [0.3, 0.4) is 0 Å². The Labute approximate surface area is 129 Å². The van der Waals surface area contributed by atoms with Crippen molar-refractivity contribution in [3.63, 3.8) is 0 Å². The SMILES string of the molecule is CC(=O)c1ccc(OC(=O)C2C[C@@H]3CCC[C@@H](C2)C3=O)cc1. The monoisotopic (exact) mass is 300 g/mol. The minimum Gasteiger partial charge on any atom is -0.426 e. The molecule has 0 spiro atoms. The number of hydrogen-bond acceptors (Lipinski definition) is 4. The third-order valence-electron chi connectivity index (χ3n) is 4.86. The average Bonchev–Trinajstić information content (AvgIpc) is 2.47. The van der Waals surface area contributed by atoms with Crippen molar-refractivity contribution in [1.82, 2.24) is 0 Å². The zero-order valence-corrected chi connectivity index (χ0v) is 12.7. The molecule has 116 valence electrons. The van der Waals surface area contributed by atoms with Gasteiger partial charge in [-0.15, -0.1) is 0 Å². The molecule has 22 heavy (non-hydrogen) atoms. The van der Waals surface area contributed by atoms with E-state index in [9.17, 15) is 14.4 Å². The number of Topliss-reactive ketones (excluding diaryl/α,β-unsaturated/α-hetero) is 2. The van der Waals surface area contributed by atoms with E-state index in [1.165, 1.54) is 6.92 Å². The van der Waals surface area contributed by atoms with Gasteiger partial charge in [0.05, 0.1) is 5.92 Å². The van der Waals surface area contributed by atoms with Gasteiger partial charge in [0.1, 0.15) is 11.5 Å². The van der Waals surface area contributed by atoms with E-state index in [2.05, 4.69) is 0 Å². The van der Waals surface area contributed by atoms with Crippen molar-refractivity contribution in [3.05, 3.63) is 29.8 Å². The number of benzene rings is 1. The number of rotatable bonds is 3. The van der Waals surface area contributed by atoms with Gasteiger partial charge in [-0.1, -0.05) is 6.42 Å². The van der Waals surface area contributed by atoms with E-state index in [1.54, 1.807) is 24.3 Å². The number of esters is 1. The fourth-order valence-electron chi connectivity index (χ4n) is 3.63. The Morgan fingerprint density at radius 2 is 1.64 bits per heavy atom. The van der Waals surface area contributed by atoms with Gasteiger partial charge in [-0.05, 0) is 56.9 Å². The number of carbonyl (C=O) groups excluding carboxylic acids is 3. The van der Waals surface area contributed by atoms with Crippen LogP contribution in [-0.2, 0) is 9.59 Å². The first kappa shape index (κ1) is 14.9. The van der Waals surface area contributed by atoms with Gasteiger partial charge in [-0.2, -0.15) is 0 Å². The molecule has 2 atom stereocenters. The summed E-state index contributed by atoms with van der Waals surface area (Å²) >= 11 is 0. The van der Waals surface area contributed by atoms with E-state index in [0.717, 1.165) is 19.3 Å². The van der Waals surface area contributed by atoms with E-state index < -0.39 is 0 Å². The molecule has 2 aliphatic carbocycles. The maximum atomic E-state index is 12.3. The van der Waals surface area contributed by atoms with Crippen molar-refractivity contribution >= 4 is 17.5 Å². The molecule has 4 nitrogen and oxygen atoms in total. The molecular weight excluding hydrogens is 280 g/mol. The van der Waals surface area contributed by atoms with Gasteiger partial charge in [0.25, 0.3) is 0 Å². The second-order valence-electron chi connectivity index (χ2n) is 6.40. The van der Waals surface area contributed by atoms with E-state index in [0.29, 0.717) is 29.9 Å². The number of ketones is 2. The van der Waals surface area contributed by atoms with Crippen molar-refractivity contribution in [2.24, 2.45) is 17.8 Å². The molecular formula is C18H20O4. The summed E-state index contributed by atoms with van der Waals surface area (Å²) in [5, 5.41) is 0. The van der Waals surface area contributed by atoms with Gasteiger partial charge < -0.3 is 4.74 Å². The third-order valence-corrected chi connectivity index (χ3v) is 4.86. The van der Waals surface area contributed by atoms with Crippen molar-refractivity contribution in [1.29, 1.82) is 0 Å². The van der Waals surface area contributed by atoms with Crippen molar-refractivity contribution < 1.29 is 19.1 Å². The van der Waals surface area contributed by atoms with Gasteiger partial charge in [0, 0.05) is 17.4 Å². The van der Waals surface area contributed by atoms with Crippen molar-refractivity contribution in [2.75, 3.05) is 0 Å². The Balaban J connectivity index is 1.64. The molecule has 2 aliphatic rings. The molecule has 0 radical (unpaired) electrons. The van der Waals surface area contributed by atoms with Crippen LogP contribution in [-0.4, -0.2) is 17.5 Å². The second-order valence-corrected chi connectivity index (χ2v) is 6.40. The summed E-state index contributed by atoms with van der Waals surface area (Å²) in [7, 11) is 0. The number of ether oxygens (including phenoxy) is 1. The van der Waals surface area contributed by atoms with Crippen molar-refractivity contribution in [3.8, 4) is 5.75 Å². The molecule has 2 saturated carbocycles. The lowest BCUT2D eigenvalue weighted by molar-refractivity contribution is -0.145. The van der Waals surface area contributed by atoms with Gasteiger partial charge in [-0.3, -0.25) is 14.4 Å². The minimum absolute atomic E-state index is 0.0171. The smallest absolute Gasteiger partial charge is 0.314 e. The predicted molar refractivity (Wildman–Crippen MR) is 80.6 cm³/mol. The highest BCUT2D eigenvalue weighted by molar-refractivity contribution is 5.94.